The maximum atomic E-state index is 12.3. The minimum atomic E-state index is -0.399. The van der Waals surface area contributed by atoms with Crippen LogP contribution >= 0.6 is 0 Å². The highest BCUT2D eigenvalue weighted by Gasteiger charge is 2.39. The summed E-state index contributed by atoms with van der Waals surface area (Å²) >= 11 is 0. The molecule has 0 aromatic rings. The van der Waals surface area contributed by atoms with Crippen LogP contribution in [0.5, 0.6) is 0 Å². The van der Waals surface area contributed by atoms with E-state index in [1.807, 2.05) is 0 Å². The topological polar surface area (TPSA) is 93.4 Å². The zero-order chi connectivity index (χ0) is 14.1. The van der Waals surface area contributed by atoms with Gasteiger partial charge in [-0.3, -0.25) is 9.59 Å². The molecule has 0 aromatic heterocycles. The Morgan fingerprint density at radius 2 is 2.00 bits per heavy atom. The average molecular weight is 271 g/mol. The molecule has 1 fully saturated rings. The molecule has 0 atom stereocenters. The minimum absolute atomic E-state index is 0.0647. The highest BCUT2D eigenvalue weighted by Crippen LogP contribution is 2.29. The Labute approximate surface area is 114 Å². The van der Waals surface area contributed by atoms with Crippen molar-refractivity contribution in [2.75, 3.05) is 33.4 Å². The van der Waals surface area contributed by atoms with E-state index in [0.29, 0.717) is 26.0 Å². The van der Waals surface area contributed by atoms with Crippen LogP contribution in [0.1, 0.15) is 32.1 Å². The smallest absolute Gasteiger partial charge is 0.228 e. The van der Waals surface area contributed by atoms with Crippen LogP contribution in [0.4, 0.5) is 0 Å². The third kappa shape index (κ3) is 5.16. The van der Waals surface area contributed by atoms with Crippen LogP contribution < -0.4 is 16.4 Å². The second-order valence-electron chi connectivity index (χ2n) is 5.14. The zero-order valence-electron chi connectivity index (χ0n) is 11.7. The van der Waals surface area contributed by atoms with Crippen LogP contribution in [0.3, 0.4) is 0 Å². The number of rotatable bonds is 8. The number of carbonyl (C=O) groups is 2. The molecule has 110 valence electrons. The number of nitrogens with one attached hydrogen (secondary N) is 2. The summed E-state index contributed by atoms with van der Waals surface area (Å²) in [7, 11) is 1.63. The summed E-state index contributed by atoms with van der Waals surface area (Å²) < 4.78 is 5.21. The molecule has 1 aliphatic heterocycles. The second-order valence-corrected chi connectivity index (χ2v) is 5.14. The summed E-state index contributed by atoms with van der Waals surface area (Å²) in [5.74, 6) is -0.226. The van der Waals surface area contributed by atoms with Crippen molar-refractivity contribution >= 4 is 11.8 Å². The van der Waals surface area contributed by atoms with E-state index < -0.39 is 5.41 Å². The predicted octanol–water partition coefficient (Wildman–Crippen LogP) is -0.226. The van der Waals surface area contributed by atoms with Crippen LogP contribution in [0.2, 0.25) is 0 Å². The summed E-state index contributed by atoms with van der Waals surface area (Å²) in [6.45, 7) is 2.74. The van der Waals surface area contributed by atoms with Crippen molar-refractivity contribution in [2.45, 2.75) is 32.1 Å². The van der Waals surface area contributed by atoms with E-state index in [4.69, 9.17) is 10.5 Å². The highest BCUT2D eigenvalue weighted by molar-refractivity contribution is 5.83. The molecule has 6 heteroatoms. The lowest BCUT2D eigenvalue weighted by atomic mass is 9.78. The first-order valence-electron chi connectivity index (χ1n) is 6.87. The number of nitrogens with two attached hydrogens (primary N) is 1. The Kier molecular flexibility index (Phi) is 6.80. The fraction of sp³-hybridized carbons (Fsp3) is 0.846. The zero-order valence-corrected chi connectivity index (χ0v) is 11.7. The third-order valence-corrected chi connectivity index (χ3v) is 3.60. The molecule has 0 aliphatic carbocycles. The third-order valence-electron chi connectivity index (χ3n) is 3.60. The molecule has 0 saturated carbocycles. The summed E-state index contributed by atoms with van der Waals surface area (Å²) in [6.07, 6.45) is 3.47. The monoisotopic (exact) mass is 271 g/mol. The molecule has 2 amide bonds. The van der Waals surface area contributed by atoms with Crippen LogP contribution in [-0.2, 0) is 14.3 Å². The molecule has 4 N–H and O–H groups in total. The summed E-state index contributed by atoms with van der Waals surface area (Å²) in [5, 5.41) is 6.21. The Bertz CT molecular complexity index is 296. The number of ether oxygens (including phenoxy) is 1. The van der Waals surface area contributed by atoms with E-state index in [-0.39, 0.29) is 11.8 Å². The Morgan fingerprint density at radius 1 is 1.32 bits per heavy atom. The highest BCUT2D eigenvalue weighted by atomic mass is 16.5. The Balaban J connectivity index is 2.33. The maximum absolute atomic E-state index is 12.3. The van der Waals surface area contributed by atoms with Gasteiger partial charge in [0.2, 0.25) is 11.8 Å². The van der Waals surface area contributed by atoms with Crippen molar-refractivity contribution in [3.8, 4) is 0 Å². The summed E-state index contributed by atoms with van der Waals surface area (Å²) in [5.41, 5.74) is 4.66. The lowest BCUT2D eigenvalue weighted by Crippen LogP contribution is -2.50. The Hall–Kier alpha value is -1.14. The molecule has 19 heavy (non-hydrogen) atoms. The molecule has 1 saturated heterocycles. The van der Waals surface area contributed by atoms with Gasteiger partial charge in [0, 0.05) is 20.1 Å². The number of methoxy groups -OCH3 is 1. The molecular weight excluding hydrogens is 246 g/mol. The number of piperidine rings is 1. The molecule has 0 bridgehead atoms. The standard InChI is InChI=1S/C13H25N3O3/c1-19-10-13(5-8-15-9-6-13)12(18)16-7-3-2-4-11(14)17/h15H,2-10H2,1H3,(H2,14,17)(H,16,18). The largest absolute Gasteiger partial charge is 0.384 e. The van der Waals surface area contributed by atoms with Gasteiger partial charge in [-0.25, -0.2) is 0 Å². The van der Waals surface area contributed by atoms with E-state index in [2.05, 4.69) is 10.6 Å². The second kappa shape index (κ2) is 8.12. The van der Waals surface area contributed by atoms with Gasteiger partial charge in [-0.1, -0.05) is 0 Å². The molecule has 0 spiro atoms. The van der Waals surface area contributed by atoms with Crippen molar-refractivity contribution in [1.29, 1.82) is 0 Å². The molecule has 1 rings (SSSR count). The van der Waals surface area contributed by atoms with Crippen LogP contribution in [0, 0.1) is 5.41 Å². The average Bonchev–Trinajstić information content (AvgIpc) is 2.39. The van der Waals surface area contributed by atoms with Crippen molar-refractivity contribution in [3.05, 3.63) is 0 Å². The molecular formula is C13H25N3O3. The van der Waals surface area contributed by atoms with Crippen LogP contribution in [0.25, 0.3) is 0 Å². The van der Waals surface area contributed by atoms with Crippen LogP contribution in [0.15, 0.2) is 0 Å². The first-order valence-corrected chi connectivity index (χ1v) is 6.87. The maximum Gasteiger partial charge on any atom is 0.228 e. The van der Waals surface area contributed by atoms with E-state index in [1.165, 1.54) is 0 Å². The van der Waals surface area contributed by atoms with E-state index in [0.717, 1.165) is 32.4 Å². The number of hydrogen-bond acceptors (Lipinski definition) is 4. The number of carbonyl (C=O) groups excluding carboxylic acids is 2. The molecule has 1 aliphatic rings. The van der Waals surface area contributed by atoms with Gasteiger partial charge in [0.05, 0.1) is 12.0 Å². The normalized spacial score (nSPS) is 17.9. The van der Waals surface area contributed by atoms with E-state index in [1.54, 1.807) is 7.11 Å². The summed E-state index contributed by atoms with van der Waals surface area (Å²) in [4.78, 5) is 22.9. The SMILES string of the molecule is COCC1(C(=O)NCCCCC(N)=O)CCNCC1. The molecule has 0 aromatic carbocycles. The lowest BCUT2D eigenvalue weighted by Gasteiger charge is -2.35. The van der Waals surface area contributed by atoms with Gasteiger partial charge >= 0.3 is 0 Å². The van der Waals surface area contributed by atoms with Gasteiger partial charge in [0.25, 0.3) is 0 Å². The quantitative estimate of drug-likeness (QED) is 0.532. The van der Waals surface area contributed by atoms with Crippen molar-refractivity contribution < 1.29 is 14.3 Å². The lowest BCUT2D eigenvalue weighted by molar-refractivity contribution is -0.136. The van der Waals surface area contributed by atoms with Gasteiger partial charge in [0.15, 0.2) is 0 Å². The van der Waals surface area contributed by atoms with Gasteiger partial charge in [-0.15, -0.1) is 0 Å². The van der Waals surface area contributed by atoms with E-state index >= 15 is 0 Å². The van der Waals surface area contributed by atoms with Gasteiger partial charge in [-0.05, 0) is 38.8 Å². The molecule has 1 heterocycles. The van der Waals surface area contributed by atoms with Gasteiger partial charge < -0.3 is 21.1 Å². The number of unbranched alkanes of at least 4 members (excludes halogenated alkanes) is 1. The Morgan fingerprint density at radius 3 is 2.58 bits per heavy atom. The summed E-state index contributed by atoms with van der Waals surface area (Å²) in [6, 6.07) is 0. The molecule has 6 nitrogen and oxygen atoms in total. The van der Waals surface area contributed by atoms with E-state index in [9.17, 15) is 9.59 Å². The number of primary amides is 1. The number of amides is 2. The molecule has 0 unspecified atom stereocenters. The van der Waals surface area contributed by atoms with Crippen molar-refractivity contribution in [2.24, 2.45) is 11.1 Å². The fourth-order valence-electron chi connectivity index (χ4n) is 2.43. The first-order chi connectivity index (χ1) is 9.10. The predicted molar refractivity (Wildman–Crippen MR) is 72.5 cm³/mol. The van der Waals surface area contributed by atoms with Crippen LogP contribution in [-0.4, -0.2) is 45.2 Å². The van der Waals surface area contributed by atoms with Gasteiger partial charge in [-0.2, -0.15) is 0 Å². The van der Waals surface area contributed by atoms with Gasteiger partial charge in [0.1, 0.15) is 0 Å². The molecule has 0 radical (unpaired) electrons. The minimum Gasteiger partial charge on any atom is -0.384 e. The van der Waals surface area contributed by atoms with Crippen molar-refractivity contribution in [1.82, 2.24) is 10.6 Å². The van der Waals surface area contributed by atoms with Crippen molar-refractivity contribution in [3.63, 3.8) is 0 Å². The first kappa shape index (κ1) is 15.9. The fourth-order valence-corrected chi connectivity index (χ4v) is 2.43. The number of hydrogen-bond donors (Lipinski definition) is 3.